The molecule has 0 aliphatic heterocycles. The Balaban J connectivity index is 3.13. The maximum absolute atomic E-state index is 10.6. The average molecular weight is 179 g/mol. The van der Waals surface area contributed by atoms with Crippen LogP contribution in [0.5, 0.6) is 5.75 Å². The Labute approximate surface area is 75.5 Å². The second-order valence-corrected chi connectivity index (χ2v) is 2.34. The van der Waals surface area contributed by atoms with Crippen molar-refractivity contribution >= 4 is 11.5 Å². The third-order valence-electron chi connectivity index (χ3n) is 1.53. The van der Waals surface area contributed by atoms with Crippen molar-refractivity contribution in [1.82, 2.24) is 4.98 Å². The summed E-state index contributed by atoms with van der Waals surface area (Å²) in [6, 6.07) is 3.30. The van der Waals surface area contributed by atoms with Crippen LogP contribution in [-0.4, -0.2) is 23.2 Å². The van der Waals surface area contributed by atoms with Crippen molar-refractivity contribution in [2.24, 2.45) is 0 Å². The molecule has 4 nitrogen and oxygen atoms in total. The number of aliphatic carboxylic acids is 1. The van der Waals surface area contributed by atoms with Gasteiger partial charge in [0.1, 0.15) is 11.4 Å². The van der Waals surface area contributed by atoms with Crippen LogP contribution in [0.3, 0.4) is 0 Å². The molecule has 13 heavy (non-hydrogen) atoms. The van der Waals surface area contributed by atoms with Gasteiger partial charge in [0, 0.05) is 6.20 Å². The summed E-state index contributed by atoms with van der Waals surface area (Å²) < 4.78 is 4.93. The molecule has 4 heteroatoms. The number of ether oxygens (including phenoxy) is 1. The van der Waals surface area contributed by atoms with Gasteiger partial charge in [-0.15, -0.1) is 0 Å². The normalized spacial score (nSPS) is 9.31. The van der Waals surface area contributed by atoms with Gasteiger partial charge in [-0.25, -0.2) is 4.79 Å². The topological polar surface area (TPSA) is 59.4 Å². The van der Waals surface area contributed by atoms with Gasteiger partial charge in [-0.2, -0.15) is 0 Å². The first-order valence-corrected chi connectivity index (χ1v) is 3.58. The highest BCUT2D eigenvalue weighted by atomic mass is 16.5. The lowest BCUT2D eigenvalue weighted by molar-refractivity contribution is -0.130. The molecule has 0 spiro atoms. The summed E-state index contributed by atoms with van der Waals surface area (Å²) in [4.78, 5) is 14.4. The van der Waals surface area contributed by atoms with Crippen LogP contribution >= 0.6 is 0 Å². The lowest BCUT2D eigenvalue weighted by Crippen LogP contribution is -2.02. The summed E-state index contributed by atoms with van der Waals surface area (Å²) in [6.07, 6.45) is 1.49. The number of pyridine rings is 1. The van der Waals surface area contributed by atoms with E-state index in [9.17, 15) is 4.79 Å². The molecule has 0 amide bonds. The molecule has 0 aromatic carbocycles. The number of carbonyl (C=O) groups is 1. The van der Waals surface area contributed by atoms with E-state index < -0.39 is 5.97 Å². The standard InChI is InChI=1S/C9H9NO3/c1-6(9(11)12)8-7(13-2)4-3-5-10-8/h3-5H,1H2,2H3,(H,11,12). The van der Waals surface area contributed by atoms with E-state index in [0.717, 1.165) is 0 Å². The molecule has 0 aliphatic carbocycles. The highest BCUT2D eigenvalue weighted by molar-refractivity contribution is 6.14. The van der Waals surface area contributed by atoms with Gasteiger partial charge in [-0.05, 0) is 12.1 Å². The lowest BCUT2D eigenvalue weighted by atomic mass is 10.2. The fourth-order valence-corrected chi connectivity index (χ4v) is 0.883. The highest BCUT2D eigenvalue weighted by Gasteiger charge is 2.13. The molecule has 1 heterocycles. The van der Waals surface area contributed by atoms with E-state index in [2.05, 4.69) is 11.6 Å². The zero-order valence-electron chi connectivity index (χ0n) is 7.15. The monoisotopic (exact) mass is 179 g/mol. The summed E-state index contributed by atoms with van der Waals surface area (Å²) in [5.74, 6) is -0.688. The molecule has 0 saturated heterocycles. The summed E-state index contributed by atoms with van der Waals surface area (Å²) in [6.45, 7) is 3.39. The predicted octanol–water partition coefficient (Wildman–Crippen LogP) is 1.19. The van der Waals surface area contributed by atoms with Crippen molar-refractivity contribution in [1.29, 1.82) is 0 Å². The fraction of sp³-hybridized carbons (Fsp3) is 0.111. The Hall–Kier alpha value is -1.84. The Morgan fingerprint density at radius 2 is 2.38 bits per heavy atom. The van der Waals surface area contributed by atoms with Gasteiger partial charge in [0.15, 0.2) is 0 Å². The molecule has 0 saturated carbocycles. The van der Waals surface area contributed by atoms with Gasteiger partial charge < -0.3 is 9.84 Å². The zero-order valence-corrected chi connectivity index (χ0v) is 7.15. The summed E-state index contributed by atoms with van der Waals surface area (Å²) in [5.41, 5.74) is 0.190. The second kappa shape index (κ2) is 3.71. The predicted molar refractivity (Wildman–Crippen MR) is 47.5 cm³/mol. The van der Waals surface area contributed by atoms with E-state index in [1.54, 1.807) is 12.1 Å². The lowest BCUT2D eigenvalue weighted by Gasteiger charge is -2.05. The van der Waals surface area contributed by atoms with Crippen molar-refractivity contribution in [2.75, 3.05) is 7.11 Å². The van der Waals surface area contributed by atoms with Gasteiger partial charge in [-0.3, -0.25) is 4.98 Å². The molecule has 0 bridgehead atoms. The van der Waals surface area contributed by atoms with Crippen molar-refractivity contribution in [2.45, 2.75) is 0 Å². The zero-order chi connectivity index (χ0) is 9.84. The van der Waals surface area contributed by atoms with Crippen LogP contribution in [-0.2, 0) is 4.79 Å². The Morgan fingerprint density at radius 1 is 1.69 bits per heavy atom. The quantitative estimate of drug-likeness (QED) is 0.708. The van der Waals surface area contributed by atoms with Crippen LogP contribution < -0.4 is 4.74 Å². The molecule has 1 rings (SSSR count). The molecule has 1 aromatic rings. The number of hydrogen-bond acceptors (Lipinski definition) is 3. The number of rotatable bonds is 3. The summed E-state index contributed by atoms with van der Waals surface area (Å²) in [5, 5.41) is 8.66. The van der Waals surface area contributed by atoms with Gasteiger partial charge in [-0.1, -0.05) is 6.58 Å². The highest BCUT2D eigenvalue weighted by Crippen LogP contribution is 2.21. The Morgan fingerprint density at radius 3 is 2.92 bits per heavy atom. The summed E-state index contributed by atoms with van der Waals surface area (Å²) >= 11 is 0. The van der Waals surface area contributed by atoms with Crippen molar-refractivity contribution in [3.63, 3.8) is 0 Å². The number of hydrogen-bond donors (Lipinski definition) is 1. The molecule has 0 atom stereocenters. The average Bonchev–Trinajstić information content (AvgIpc) is 2.16. The first kappa shape index (κ1) is 9.25. The fourth-order valence-electron chi connectivity index (χ4n) is 0.883. The van der Waals surface area contributed by atoms with Gasteiger partial charge >= 0.3 is 5.97 Å². The smallest absolute Gasteiger partial charge is 0.337 e. The number of methoxy groups -OCH3 is 1. The van der Waals surface area contributed by atoms with Crippen molar-refractivity contribution in [3.05, 3.63) is 30.6 Å². The minimum absolute atomic E-state index is 0.0718. The Kier molecular flexibility index (Phi) is 2.64. The summed E-state index contributed by atoms with van der Waals surface area (Å²) in [7, 11) is 1.45. The molecular weight excluding hydrogens is 170 g/mol. The SMILES string of the molecule is C=C(C(=O)O)c1ncccc1OC. The minimum atomic E-state index is -1.10. The second-order valence-electron chi connectivity index (χ2n) is 2.34. The number of aromatic nitrogens is 1. The molecule has 0 unspecified atom stereocenters. The maximum atomic E-state index is 10.6. The van der Waals surface area contributed by atoms with Gasteiger partial charge in [0.25, 0.3) is 0 Å². The molecule has 1 N–H and O–H groups in total. The van der Waals surface area contributed by atoms with Crippen molar-refractivity contribution in [3.8, 4) is 5.75 Å². The first-order valence-electron chi connectivity index (χ1n) is 3.58. The van der Waals surface area contributed by atoms with Crippen LogP contribution in [0.25, 0.3) is 5.57 Å². The third-order valence-corrected chi connectivity index (χ3v) is 1.53. The van der Waals surface area contributed by atoms with Crippen LogP contribution in [0.15, 0.2) is 24.9 Å². The van der Waals surface area contributed by atoms with Gasteiger partial charge in [0.05, 0.1) is 12.7 Å². The van der Waals surface area contributed by atoms with Crippen molar-refractivity contribution < 1.29 is 14.6 Å². The van der Waals surface area contributed by atoms with E-state index in [-0.39, 0.29) is 11.3 Å². The molecule has 0 radical (unpaired) electrons. The number of nitrogens with zero attached hydrogens (tertiary/aromatic N) is 1. The number of carboxylic acids is 1. The molecule has 68 valence electrons. The van der Waals surface area contributed by atoms with E-state index in [0.29, 0.717) is 5.75 Å². The van der Waals surface area contributed by atoms with E-state index in [1.807, 2.05) is 0 Å². The maximum Gasteiger partial charge on any atom is 0.337 e. The van der Waals surface area contributed by atoms with E-state index >= 15 is 0 Å². The number of carboxylic acid groups (broad SMARTS) is 1. The minimum Gasteiger partial charge on any atom is -0.494 e. The molecule has 0 aliphatic rings. The first-order chi connectivity index (χ1) is 6.16. The van der Waals surface area contributed by atoms with E-state index in [1.165, 1.54) is 13.3 Å². The van der Waals surface area contributed by atoms with Crippen LogP contribution in [0.4, 0.5) is 0 Å². The Bertz CT molecular complexity index is 346. The third kappa shape index (κ3) is 1.84. The van der Waals surface area contributed by atoms with Gasteiger partial charge in [0.2, 0.25) is 0 Å². The molecule has 0 fully saturated rings. The van der Waals surface area contributed by atoms with Crippen LogP contribution in [0, 0.1) is 0 Å². The largest absolute Gasteiger partial charge is 0.494 e. The van der Waals surface area contributed by atoms with Crippen LogP contribution in [0.1, 0.15) is 5.69 Å². The van der Waals surface area contributed by atoms with Crippen LogP contribution in [0.2, 0.25) is 0 Å². The molecular formula is C9H9NO3. The van der Waals surface area contributed by atoms with E-state index in [4.69, 9.17) is 9.84 Å². The molecule has 1 aromatic heterocycles.